The van der Waals surface area contributed by atoms with Gasteiger partial charge in [-0.3, -0.25) is 9.59 Å². The summed E-state index contributed by atoms with van der Waals surface area (Å²) in [4.78, 5) is 24.0. The van der Waals surface area contributed by atoms with Gasteiger partial charge >= 0.3 is 0 Å². The Kier molecular flexibility index (Phi) is 7.47. The third kappa shape index (κ3) is 6.23. The largest absolute Gasteiger partial charge is 0.494 e. The second kappa shape index (κ2) is 9.84. The lowest BCUT2D eigenvalue weighted by atomic mass is 10.0. The lowest BCUT2D eigenvalue weighted by molar-refractivity contribution is -0.122. The molecule has 1 aliphatic rings. The molecule has 3 N–H and O–H groups in total. The van der Waals surface area contributed by atoms with Gasteiger partial charge in [-0.1, -0.05) is 29.8 Å². The molecule has 0 aliphatic carbocycles. The van der Waals surface area contributed by atoms with Gasteiger partial charge in [-0.05, 0) is 26.0 Å². The number of ether oxygens (including phenoxy) is 1. The number of rotatable bonds is 8. The van der Waals surface area contributed by atoms with E-state index >= 15 is 0 Å². The van der Waals surface area contributed by atoms with Crippen molar-refractivity contribution < 1.29 is 14.3 Å². The lowest BCUT2D eigenvalue weighted by Crippen LogP contribution is -2.34. The van der Waals surface area contributed by atoms with E-state index in [9.17, 15) is 9.59 Å². The fourth-order valence-corrected chi connectivity index (χ4v) is 2.84. The molecule has 25 heavy (non-hydrogen) atoms. The second-order valence-electron chi connectivity index (χ2n) is 6.02. The van der Waals surface area contributed by atoms with Crippen LogP contribution in [0.1, 0.15) is 38.3 Å². The molecule has 1 aromatic rings. The molecule has 1 aliphatic heterocycles. The smallest absolute Gasteiger partial charge is 0.222 e. The zero-order chi connectivity index (χ0) is 18.1. The Morgan fingerprint density at radius 2 is 2.12 bits per heavy atom. The summed E-state index contributed by atoms with van der Waals surface area (Å²) in [6.45, 7) is 6.23. The summed E-state index contributed by atoms with van der Waals surface area (Å²) in [5, 5.41) is 9.06. The Bertz CT molecular complexity index is 628. The van der Waals surface area contributed by atoms with Crippen LogP contribution in [0, 0.1) is 0 Å². The van der Waals surface area contributed by atoms with Gasteiger partial charge in [-0.15, -0.1) is 0 Å². The summed E-state index contributed by atoms with van der Waals surface area (Å²) >= 11 is 0. The quantitative estimate of drug-likeness (QED) is 0.627. The molecule has 6 nitrogen and oxygen atoms in total. The van der Waals surface area contributed by atoms with Gasteiger partial charge < -0.3 is 20.7 Å². The number of nitrogens with one attached hydrogen (secondary N) is 3. The number of para-hydroxylation sites is 1. The fraction of sp³-hybridized carbons (Fsp3) is 0.474. The first-order valence-corrected chi connectivity index (χ1v) is 8.74. The molecule has 1 heterocycles. The molecule has 0 saturated carbocycles. The Hall–Kier alpha value is -2.34. The second-order valence-corrected chi connectivity index (χ2v) is 6.02. The number of hydrogen-bond acceptors (Lipinski definition) is 4. The highest BCUT2D eigenvalue weighted by Gasteiger charge is 2.20. The van der Waals surface area contributed by atoms with Gasteiger partial charge in [0.1, 0.15) is 5.75 Å². The highest BCUT2D eigenvalue weighted by molar-refractivity contribution is 5.79. The molecule has 0 spiro atoms. The lowest BCUT2D eigenvalue weighted by Gasteiger charge is -2.21. The maximum absolute atomic E-state index is 12.4. The number of hydrogen-bond donors (Lipinski definition) is 3. The van der Waals surface area contributed by atoms with Crippen molar-refractivity contribution in [2.75, 3.05) is 26.2 Å². The number of carbonyl (C=O) groups is 2. The minimum absolute atomic E-state index is 0.0931. The SMILES string of the molecule is CCOc1ccccc1C(CC(=O)NCC1=CCNCC1)NC(C)=O. The predicted octanol–water partition coefficient (Wildman–Crippen LogP) is 1.69. The molecule has 136 valence electrons. The first kappa shape index (κ1) is 19.0. The van der Waals surface area contributed by atoms with Crippen LogP contribution in [-0.4, -0.2) is 38.1 Å². The summed E-state index contributed by atoms with van der Waals surface area (Å²) in [6, 6.07) is 7.08. The van der Waals surface area contributed by atoms with Crippen molar-refractivity contribution in [1.82, 2.24) is 16.0 Å². The van der Waals surface area contributed by atoms with Crippen LogP contribution in [-0.2, 0) is 9.59 Å². The van der Waals surface area contributed by atoms with Gasteiger partial charge in [0.15, 0.2) is 0 Å². The highest BCUT2D eigenvalue weighted by atomic mass is 16.5. The van der Waals surface area contributed by atoms with E-state index in [2.05, 4.69) is 22.0 Å². The average molecular weight is 345 g/mol. The van der Waals surface area contributed by atoms with E-state index in [1.54, 1.807) is 0 Å². The van der Waals surface area contributed by atoms with Gasteiger partial charge in [-0.2, -0.15) is 0 Å². The van der Waals surface area contributed by atoms with Crippen molar-refractivity contribution in [2.24, 2.45) is 0 Å². The maximum Gasteiger partial charge on any atom is 0.222 e. The van der Waals surface area contributed by atoms with Gasteiger partial charge in [0.05, 0.1) is 19.1 Å². The minimum atomic E-state index is -0.415. The molecule has 0 fully saturated rings. The van der Waals surface area contributed by atoms with Crippen LogP contribution in [0.4, 0.5) is 0 Å². The van der Waals surface area contributed by atoms with Crippen LogP contribution >= 0.6 is 0 Å². The summed E-state index contributed by atoms with van der Waals surface area (Å²) in [5.74, 6) is 0.423. The van der Waals surface area contributed by atoms with Gasteiger partial charge in [0.25, 0.3) is 0 Å². The van der Waals surface area contributed by atoms with Crippen LogP contribution in [0.3, 0.4) is 0 Å². The summed E-state index contributed by atoms with van der Waals surface area (Å²) in [5.41, 5.74) is 2.05. The number of carbonyl (C=O) groups excluding carboxylic acids is 2. The zero-order valence-corrected chi connectivity index (χ0v) is 14.9. The molecule has 1 unspecified atom stereocenters. The van der Waals surface area contributed by atoms with Crippen molar-refractivity contribution in [3.05, 3.63) is 41.5 Å². The molecular weight excluding hydrogens is 318 g/mol. The first-order valence-electron chi connectivity index (χ1n) is 8.74. The molecule has 0 saturated heterocycles. The van der Waals surface area contributed by atoms with Gasteiger partial charge in [0, 0.05) is 25.6 Å². The first-order chi connectivity index (χ1) is 12.1. The van der Waals surface area contributed by atoms with E-state index in [1.165, 1.54) is 12.5 Å². The molecule has 0 aromatic heterocycles. The Morgan fingerprint density at radius 1 is 1.32 bits per heavy atom. The zero-order valence-electron chi connectivity index (χ0n) is 14.9. The normalized spacial score (nSPS) is 15.0. The van der Waals surface area contributed by atoms with Crippen LogP contribution in [0.2, 0.25) is 0 Å². The minimum Gasteiger partial charge on any atom is -0.494 e. The van der Waals surface area contributed by atoms with E-state index < -0.39 is 6.04 Å². The van der Waals surface area contributed by atoms with Gasteiger partial charge in [-0.25, -0.2) is 0 Å². The molecule has 0 radical (unpaired) electrons. The van der Waals surface area contributed by atoms with E-state index in [-0.39, 0.29) is 18.2 Å². The maximum atomic E-state index is 12.4. The standard InChI is InChI=1S/C19H27N3O3/c1-3-25-18-7-5-4-6-16(18)17(22-14(2)23)12-19(24)21-13-15-8-10-20-11-9-15/h4-8,17,20H,3,9-13H2,1-2H3,(H,21,24)(H,22,23). The molecule has 2 amide bonds. The molecular formula is C19H27N3O3. The van der Waals surface area contributed by atoms with E-state index in [1.807, 2.05) is 31.2 Å². The van der Waals surface area contributed by atoms with E-state index in [0.717, 1.165) is 25.1 Å². The van der Waals surface area contributed by atoms with E-state index in [4.69, 9.17) is 4.74 Å². The molecule has 6 heteroatoms. The third-order valence-corrected chi connectivity index (χ3v) is 4.03. The Balaban J connectivity index is 2.03. The van der Waals surface area contributed by atoms with Crippen LogP contribution in [0.15, 0.2) is 35.9 Å². The monoisotopic (exact) mass is 345 g/mol. The van der Waals surface area contributed by atoms with Crippen LogP contribution in [0.25, 0.3) is 0 Å². The van der Waals surface area contributed by atoms with Crippen LogP contribution in [0.5, 0.6) is 5.75 Å². The molecule has 1 atom stereocenters. The van der Waals surface area contributed by atoms with Gasteiger partial charge in [0.2, 0.25) is 11.8 Å². The van der Waals surface area contributed by atoms with E-state index in [0.29, 0.717) is 18.9 Å². The van der Waals surface area contributed by atoms with Crippen molar-refractivity contribution in [3.63, 3.8) is 0 Å². The number of amides is 2. The summed E-state index contributed by atoms with van der Waals surface area (Å²) < 4.78 is 5.64. The van der Waals surface area contributed by atoms with Crippen molar-refractivity contribution in [2.45, 2.75) is 32.7 Å². The molecule has 2 rings (SSSR count). The molecule has 0 bridgehead atoms. The third-order valence-electron chi connectivity index (χ3n) is 4.03. The summed E-state index contributed by atoms with van der Waals surface area (Å²) in [6.07, 6.45) is 3.23. The Labute approximate surface area is 149 Å². The topological polar surface area (TPSA) is 79.5 Å². The fourth-order valence-electron chi connectivity index (χ4n) is 2.84. The average Bonchev–Trinajstić information content (AvgIpc) is 2.61. The number of benzene rings is 1. The van der Waals surface area contributed by atoms with Crippen LogP contribution < -0.4 is 20.7 Å². The van der Waals surface area contributed by atoms with Crippen molar-refractivity contribution >= 4 is 11.8 Å². The van der Waals surface area contributed by atoms with Crippen molar-refractivity contribution in [1.29, 1.82) is 0 Å². The highest BCUT2D eigenvalue weighted by Crippen LogP contribution is 2.27. The predicted molar refractivity (Wildman–Crippen MR) is 97.4 cm³/mol. The Morgan fingerprint density at radius 3 is 2.80 bits per heavy atom. The molecule has 1 aromatic carbocycles. The summed E-state index contributed by atoms with van der Waals surface area (Å²) in [7, 11) is 0. The van der Waals surface area contributed by atoms with Crippen molar-refractivity contribution in [3.8, 4) is 5.75 Å².